The number of carboxylic acids is 1. The van der Waals surface area contributed by atoms with Gasteiger partial charge in [-0.3, -0.25) is 9.59 Å². The number of carbonyl (C=O) groups excluding carboxylic acids is 1. The largest absolute Gasteiger partial charge is 0.497 e. The molecule has 59 heavy (non-hydrogen) atoms. The summed E-state index contributed by atoms with van der Waals surface area (Å²) < 4.78 is 10.3. The third kappa shape index (κ3) is 10.8. The van der Waals surface area contributed by atoms with E-state index >= 15 is 0 Å². The molecule has 1 amide bonds. The maximum atomic E-state index is 13.3. The molecule has 0 radical (unpaired) electrons. The second-order valence-corrected chi connectivity index (χ2v) is 17.7. The Labute approximate surface area is 363 Å². The number of carboxylic acid groups (broad SMARTS) is 1. The van der Waals surface area contributed by atoms with Crippen molar-refractivity contribution in [2.75, 3.05) is 25.3 Å². The lowest BCUT2D eigenvalue weighted by Crippen LogP contribution is -2.37. The zero-order valence-electron chi connectivity index (χ0n) is 33.1. The molecular formula is C46H48Cl2N4O5S2. The van der Waals surface area contributed by atoms with Crippen molar-refractivity contribution in [3.8, 4) is 11.5 Å². The van der Waals surface area contributed by atoms with Crippen LogP contribution in [0, 0.1) is 0 Å². The number of ether oxygens (including phenoxy) is 2. The molecule has 0 unspecified atom stereocenters. The number of halogens is 2. The van der Waals surface area contributed by atoms with Gasteiger partial charge in [0.25, 0.3) is 0 Å². The van der Waals surface area contributed by atoms with Gasteiger partial charge in [-0.1, -0.05) is 110 Å². The number of aliphatic carboxylic acids is 1. The number of rotatable bonds is 11. The molecule has 4 N–H and O–H groups in total. The number of aromatic nitrogens is 2. The Morgan fingerprint density at radius 3 is 1.56 bits per heavy atom. The normalized spacial score (nSPS) is 14.9. The summed E-state index contributed by atoms with van der Waals surface area (Å²) in [6.07, 6.45) is 12.4. The zero-order chi connectivity index (χ0) is 41.8. The van der Waals surface area contributed by atoms with E-state index in [4.69, 9.17) is 38.4 Å². The van der Waals surface area contributed by atoms with E-state index in [0.29, 0.717) is 16.7 Å². The van der Waals surface area contributed by atoms with Gasteiger partial charge in [-0.15, -0.1) is 22.7 Å². The Hall–Kier alpha value is -4.94. The summed E-state index contributed by atoms with van der Waals surface area (Å²) in [4.78, 5) is 35.4. The molecule has 0 bridgehead atoms. The molecular weight excluding hydrogens is 824 g/mol. The minimum atomic E-state index is -0.699. The molecule has 2 fully saturated rings. The van der Waals surface area contributed by atoms with Gasteiger partial charge in [-0.25, -0.2) is 9.97 Å². The molecule has 2 aliphatic carbocycles. The second-order valence-electron chi connectivity index (χ2n) is 14.6. The monoisotopic (exact) mass is 870 g/mol. The van der Waals surface area contributed by atoms with Gasteiger partial charge >= 0.3 is 5.97 Å². The molecule has 9 nitrogen and oxygen atoms in total. The van der Waals surface area contributed by atoms with Gasteiger partial charge in [0.05, 0.1) is 25.0 Å². The van der Waals surface area contributed by atoms with Crippen molar-refractivity contribution >= 4 is 68.0 Å². The highest BCUT2D eigenvalue weighted by Gasteiger charge is 2.44. The molecule has 8 rings (SSSR count). The van der Waals surface area contributed by atoms with Gasteiger partial charge in [0.1, 0.15) is 11.5 Å². The van der Waals surface area contributed by atoms with E-state index in [-0.39, 0.29) is 5.91 Å². The fourth-order valence-electron chi connectivity index (χ4n) is 7.78. The number of hydrogen-bond acceptors (Lipinski definition) is 9. The molecule has 13 heteroatoms. The number of benzene rings is 4. The van der Waals surface area contributed by atoms with Crippen LogP contribution in [-0.2, 0) is 33.3 Å². The van der Waals surface area contributed by atoms with Crippen LogP contribution in [0.3, 0.4) is 0 Å². The number of nitrogens with two attached hydrogens (primary N) is 1. The Morgan fingerprint density at radius 2 is 1.12 bits per heavy atom. The highest BCUT2D eigenvalue weighted by atomic mass is 35.5. The average Bonchev–Trinajstić information content (AvgIpc) is 4.10. The molecule has 4 aromatic carbocycles. The molecule has 6 aromatic rings. The average molecular weight is 872 g/mol. The van der Waals surface area contributed by atoms with Crippen molar-refractivity contribution in [1.82, 2.24) is 9.97 Å². The lowest BCUT2D eigenvalue weighted by atomic mass is 9.78. The number of hydrogen-bond donors (Lipinski definition) is 3. The first-order valence-electron chi connectivity index (χ1n) is 19.5. The van der Waals surface area contributed by atoms with Crippen LogP contribution in [0.25, 0.3) is 0 Å². The number of nitrogens with one attached hydrogen (secondary N) is 1. The Balaban J connectivity index is 0.000000164. The van der Waals surface area contributed by atoms with Crippen LogP contribution in [0.4, 0.5) is 10.3 Å². The van der Waals surface area contributed by atoms with E-state index in [9.17, 15) is 14.7 Å². The highest BCUT2D eigenvalue weighted by Crippen LogP contribution is 2.43. The first-order chi connectivity index (χ1) is 28.5. The fraction of sp³-hybridized carbons (Fsp3) is 0.304. The first-order valence-corrected chi connectivity index (χ1v) is 21.9. The highest BCUT2D eigenvalue weighted by molar-refractivity contribution is 7.15. The van der Waals surface area contributed by atoms with Crippen molar-refractivity contribution in [3.63, 3.8) is 0 Å². The predicted octanol–water partition coefficient (Wildman–Crippen LogP) is 11.4. The Bertz CT molecular complexity index is 2300. The standard InChI is InChI=1S/C23H23ClN2O2S.C13H16O3.C10H9ClN2S/c1-28-18-10-8-17(9-11-18)23(12-4-5-13-23)21(27)26-22-25-15-19(29-22)14-16-6-2-3-7-20(16)24;1-16-11-6-4-10(5-7-11)13(12(14)15)8-2-3-9-13;11-9-4-2-1-3-7(9)5-8-6-13-10(12)14-8/h2-3,6-11,15H,4-5,12-14H2,1H3,(H,25,26,27);4-7H,2-3,8-9H2,1H3,(H,14,15);1-4,6H,5H2,(H2,12,13). The minimum Gasteiger partial charge on any atom is -0.497 e. The van der Waals surface area contributed by atoms with Crippen molar-refractivity contribution in [2.24, 2.45) is 0 Å². The number of nitrogens with zero attached hydrogens (tertiary/aromatic N) is 2. The van der Waals surface area contributed by atoms with Crippen LogP contribution in [-0.4, -0.2) is 41.2 Å². The van der Waals surface area contributed by atoms with Crippen molar-refractivity contribution in [1.29, 1.82) is 0 Å². The summed E-state index contributed by atoms with van der Waals surface area (Å²) in [7, 11) is 3.26. The van der Waals surface area contributed by atoms with Gasteiger partial charge < -0.3 is 25.6 Å². The van der Waals surface area contributed by atoms with E-state index in [1.54, 1.807) is 20.4 Å². The smallest absolute Gasteiger partial charge is 0.314 e. The van der Waals surface area contributed by atoms with E-state index in [2.05, 4.69) is 15.3 Å². The molecule has 2 heterocycles. The van der Waals surface area contributed by atoms with Crippen LogP contribution in [0.2, 0.25) is 10.0 Å². The van der Waals surface area contributed by atoms with Crippen LogP contribution in [0.1, 0.15) is 83.4 Å². The van der Waals surface area contributed by atoms with Crippen molar-refractivity contribution in [3.05, 3.63) is 152 Å². The van der Waals surface area contributed by atoms with Crippen LogP contribution < -0.4 is 20.5 Å². The third-order valence-electron chi connectivity index (χ3n) is 11.0. The van der Waals surface area contributed by atoms with E-state index < -0.39 is 16.8 Å². The maximum Gasteiger partial charge on any atom is 0.314 e. The Kier molecular flexibility index (Phi) is 15.1. The van der Waals surface area contributed by atoms with Crippen LogP contribution >= 0.6 is 45.9 Å². The van der Waals surface area contributed by atoms with Gasteiger partial charge in [-0.2, -0.15) is 0 Å². The van der Waals surface area contributed by atoms with E-state index in [0.717, 1.165) is 111 Å². The molecule has 2 saturated carbocycles. The van der Waals surface area contributed by atoms with Gasteiger partial charge in [0, 0.05) is 45.0 Å². The second kappa shape index (κ2) is 20.4. The molecule has 2 aliphatic rings. The molecule has 0 spiro atoms. The summed E-state index contributed by atoms with van der Waals surface area (Å²) in [5.41, 5.74) is 8.49. The zero-order valence-corrected chi connectivity index (χ0v) is 36.2. The summed E-state index contributed by atoms with van der Waals surface area (Å²) in [6.45, 7) is 0. The Morgan fingerprint density at radius 1 is 0.678 bits per heavy atom. The van der Waals surface area contributed by atoms with E-state index in [1.807, 2.05) is 103 Å². The number of carbonyl (C=O) groups is 2. The first kappa shape index (κ1) is 43.6. The lowest BCUT2D eigenvalue weighted by molar-refractivity contribution is -0.143. The summed E-state index contributed by atoms with van der Waals surface area (Å²) in [5, 5.41) is 15.3. The molecule has 0 aliphatic heterocycles. The van der Waals surface area contributed by atoms with Gasteiger partial charge in [-0.05, 0) is 84.3 Å². The van der Waals surface area contributed by atoms with Crippen molar-refractivity contribution in [2.45, 2.75) is 75.0 Å². The lowest BCUT2D eigenvalue weighted by Gasteiger charge is -2.28. The van der Waals surface area contributed by atoms with Gasteiger partial charge in [0.2, 0.25) is 5.91 Å². The minimum absolute atomic E-state index is 0.0267. The number of amides is 1. The summed E-state index contributed by atoms with van der Waals surface area (Å²) >= 11 is 15.3. The predicted molar refractivity (Wildman–Crippen MR) is 240 cm³/mol. The SMILES string of the molecule is COc1ccc(C2(C(=O)Nc3ncc(Cc4ccccc4Cl)s3)CCCC2)cc1.COc1ccc(C2(C(=O)O)CCCC2)cc1.Nc1ncc(Cc2ccccc2Cl)s1. The summed E-state index contributed by atoms with van der Waals surface area (Å²) in [6, 6.07) is 30.9. The summed E-state index contributed by atoms with van der Waals surface area (Å²) in [5.74, 6) is 0.891. The topological polar surface area (TPSA) is 137 Å². The number of nitrogen functional groups attached to an aromatic ring is 1. The van der Waals surface area contributed by atoms with Crippen LogP contribution in [0.15, 0.2) is 109 Å². The third-order valence-corrected chi connectivity index (χ3v) is 13.5. The van der Waals surface area contributed by atoms with Gasteiger partial charge in [0.15, 0.2) is 10.3 Å². The quantitative estimate of drug-likeness (QED) is 0.117. The molecule has 0 atom stereocenters. The maximum absolute atomic E-state index is 13.3. The van der Waals surface area contributed by atoms with Crippen molar-refractivity contribution < 1.29 is 24.2 Å². The molecule has 308 valence electrons. The molecule has 0 saturated heterocycles. The fourth-order valence-corrected chi connectivity index (χ4v) is 9.72. The van der Waals surface area contributed by atoms with Crippen LogP contribution in [0.5, 0.6) is 11.5 Å². The van der Waals surface area contributed by atoms with E-state index in [1.165, 1.54) is 22.7 Å². The molecule has 2 aromatic heterocycles. The number of methoxy groups -OCH3 is 2. The number of anilines is 2. The number of thiazole rings is 2.